The SMILES string of the molecule is CC(C)NCCOCCSNCCOC(C)C. The van der Waals surface area contributed by atoms with Crippen LogP contribution in [0, 0.1) is 0 Å². The maximum atomic E-state index is 5.47. The molecule has 0 aromatic rings. The van der Waals surface area contributed by atoms with Crippen LogP contribution >= 0.6 is 11.9 Å². The lowest BCUT2D eigenvalue weighted by Gasteiger charge is -2.09. The molecule has 0 rings (SSSR count). The third-order valence-corrected chi connectivity index (χ3v) is 2.67. The van der Waals surface area contributed by atoms with E-state index in [0.717, 1.165) is 38.7 Å². The van der Waals surface area contributed by atoms with Gasteiger partial charge in [-0.25, -0.2) is 0 Å². The molecule has 0 saturated heterocycles. The lowest BCUT2D eigenvalue weighted by molar-refractivity contribution is 0.0837. The second kappa shape index (κ2) is 12.6. The van der Waals surface area contributed by atoms with Gasteiger partial charge in [-0.2, -0.15) is 0 Å². The van der Waals surface area contributed by atoms with E-state index in [1.807, 2.05) is 13.8 Å². The lowest BCUT2D eigenvalue weighted by atomic mass is 10.4. The van der Waals surface area contributed by atoms with Gasteiger partial charge in [0.1, 0.15) is 0 Å². The quantitative estimate of drug-likeness (QED) is 0.414. The third-order valence-electron chi connectivity index (χ3n) is 1.89. The summed E-state index contributed by atoms with van der Waals surface area (Å²) in [6, 6.07) is 0.538. The molecule has 5 heteroatoms. The van der Waals surface area contributed by atoms with Crippen LogP contribution in [-0.4, -0.2) is 50.8 Å². The van der Waals surface area contributed by atoms with E-state index in [9.17, 15) is 0 Å². The molecule has 0 amide bonds. The molecule has 0 radical (unpaired) electrons. The molecule has 0 heterocycles. The van der Waals surface area contributed by atoms with Gasteiger partial charge in [0.25, 0.3) is 0 Å². The van der Waals surface area contributed by atoms with Gasteiger partial charge >= 0.3 is 0 Å². The lowest BCUT2D eigenvalue weighted by Crippen LogP contribution is -2.27. The first-order chi connectivity index (χ1) is 8.13. The van der Waals surface area contributed by atoms with Crippen molar-refractivity contribution in [3.63, 3.8) is 0 Å². The molecule has 0 aliphatic rings. The van der Waals surface area contributed by atoms with E-state index in [1.54, 1.807) is 11.9 Å². The van der Waals surface area contributed by atoms with Crippen molar-refractivity contribution in [2.45, 2.75) is 39.8 Å². The minimum Gasteiger partial charge on any atom is -0.379 e. The zero-order chi connectivity index (χ0) is 12.9. The van der Waals surface area contributed by atoms with Gasteiger partial charge in [-0.3, -0.25) is 4.72 Å². The Labute approximate surface area is 110 Å². The largest absolute Gasteiger partial charge is 0.379 e. The van der Waals surface area contributed by atoms with Gasteiger partial charge in [-0.15, -0.1) is 0 Å². The van der Waals surface area contributed by atoms with Crippen LogP contribution in [0.4, 0.5) is 0 Å². The van der Waals surface area contributed by atoms with Gasteiger partial charge < -0.3 is 14.8 Å². The fraction of sp³-hybridized carbons (Fsp3) is 1.00. The molecule has 0 aliphatic heterocycles. The van der Waals surface area contributed by atoms with E-state index < -0.39 is 0 Å². The molecule has 2 N–H and O–H groups in total. The molecule has 0 aliphatic carbocycles. The maximum Gasteiger partial charge on any atom is 0.0603 e. The first-order valence-electron chi connectivity index (χ1n) is 6.40. The van der Waals surface area contributed by atoms with Crippen LogP contribution in [0.5, 0.6) is 0 Å². The molecule has 104 valence electrons. The topological polar surface area (TPSA) is 42.5 Å². The van der Waals surface area contributed by atoms with Crippen LogP contribution in [0.3, 0.4) is 0 Å². The molecular formula is C12H28N2O2S. The average Bonchev–Trinajstić information content (AvgIpc) is 2.25. The van der Waals surface area contributed by atoms with Gasteiger partial charge in [-0.05, 0) is 13.8 Å². The van der Waals surface area contributed by atoms with Crippen LogP contribution in [0.15, 0.2) is 0 Å². The van der Waals surface area contributed by atoms with Crippen LogP contribution in [0.1, 0.15) is 27.7 Å². The van der Waals surface area contributed by atoms with Crippen molar-refractivity contribution in [1.82, 2.24) is 10.0 Å². The Balaban J connectivity index is 2.94. The molecule has 0 saturated carbocycles. The number of nitrogens with one attached hydrogen (secondary N) is 2. The standard InChI is InChI=1S/C12H28N2O2S/c1-11(2)13-5-7-15-9-10-17-14-6-8-16-12(3)4/h11-14H,5-10H2,1-4H3. The zero-order valence-corrected chi connectivity index (χ0v) is 12.4. The summed E-state index contributed by atoms with van der Waals surface area (Å²) in [5.74, 6) is 0.976. The number of hydrogen-bond acceptors (Lipinski definition) is 5. The summed E-state index contributed by atoms with van der Waals surface area (Å²) in [6.07, 6.45) is 0.318. The molecule has 17 heavy (non-hydrogen) atoms. The predicted octanol–water partition coefficient (Wildman–Crippen LogP) is 1.66. The number of hydrogen-bond donors (Lipinski definition) is 2. The molecule has 0 aromatic heterocycles. The summed E-state index contributed by atoms with van der Waals surface area (Å²) in [5.41, 5.74) is 0. The minimum absolute atomic E-state index is 0.318. The van der Waals surface area contributed by atoms with Gasteiger partial charge in [0.05, 0.1) is 25.9 Å². The molecule has 0 atom stereocenters. The molecule has 0 aromatic carbocycles. The molecule has 4 nitrogen and oxygen atoms in total. The molecule has 0 bridgehead atoms. The molecule has 0 unspecified atom stereocenters. The summed E-state index contributed by atoms with van der Waals surface area (Å²) in [5, 5.41) is 3.31. The van der Waals surface area contributed by atoms with Crippen molar-refractivity contribution < 1.29 is 9.47 Å². The van der Waals surface area contributed by atoms with E-state index in [1.165, 1.54) is 0 Å². The van der Waals surface area contributed by atoms with Crippen molar-refractivity contribution in [3.05, 3.63) is 0 Å². The van der Waals surface area contributed by atoms with Crippen LogP contribution in [-0.2, 0) is 9.47 Å². The Morgan fingerprint density at radius 2 is 1.76 bits per heavy atom. The monoisotopic (exact) mass is 264 g/mol. The highest BCUT2D eigenvalue weighted by Gasteiger charge is 1.94. The first kappa shape index (κ1) is 17.2. The fourth-order valence-electron chi connectivity index (χ4n) is 1.10. The van der Waals surface area contributed by atoms with Crippen molar-refractivity contribution >= 4 is 11.9 Å². The van der Waals surface area contributed by atoms with E-state index in [0.29, 0.717) is 12.1 Å². The highest BCUT2D eigenvalue weighted by Crippen LogP contribution is 1.93. The smallest absolute Gasteiger partial charge is 0.0603 e. The van der Waals surface area contributed by atoms with E-state index in [4.69, 9.17) is 9.47 Å². The molecular weight excluding hydrogens is 236 g/mol. The van der Waals surface area contributed by atoms with E-state index in [-0.39, 0.29) is 0 Å². The van der Waals surface area contributed by atoms with Crippen LogP contribution in [0.2, 0.25) is 0 Å². The highest BCUT2D eigenvalue weighted by molar-refractivity contribution is 7.97. The summed E-state index contributed by atoms with van der Waals surface area (Å²) in [7, 11) is 0. The van der Waals surface area contributed by atoms with Gasteiger partial charge in [0, 0.05) is 24.9 Å². The van der Waals surface area contributed by atoms with Crippen LogP contribution in [0.25, 0.3) is 0 Å². The van der Waals surface area contributed by atoms with Gasteiger partial charge in [0.2, 0.25) is 0 Å². The average molecular weight is 264 g/mol. The van der Waals surface area contributed by atoms with Gasteiger partial charge in [-0.1, -0.05) is 25.8 Å². The fourth-order valence-corrected chi connectivity index (χ4v) is 1.68. The van der Waals surface area contributed by atoms with E-state index >= 15 is 0 Å². The van der Waals surface area contributed by atoms with Crippen molar-refractivity contribution in [2.24, 2.45) is 0 Å². The second-order valence-corrected chi connectivity index (χ2v) is 5.37. The third kappa shape index (κ3) is 16.2. The van der Waals surface area contributed by atoms with E-state index in [2.05, 4.69) is 23.9 Å². The molecule has 0 spiro atoms. The first-order valence-corrected chi connectivity index (χ1v) is 7.39. The Morgan fingerprint density at radius 3 is 2.41 bits per heavy atom. The highest BCUT2D eigenvalue weighted by atomic mass is 32.2. The Bertz CT molecular complexity index is 141. The van der Waals surface area contributed by atoms with Crippen molar-refractivity contribution in [2.75, 3.05) is 38.7 Å². The van der Waals surface area contributed by atoms with Gasteiger partial charge in [0.15, 0.2) is 0 Å². The normalized spacial score (nSPS) is 11.6. The maximum absolute atomic E-state index is 5.47. The van der Waals surface area contributed by atoms with Crippen LogP contribution < -0.4 is 10.0 Å². The summed E-state index contributed by atoms with van der Waals surface area (Å²) < 4.78 is 14.1. The Morgan fingerprint density at radius 1 is 1.00 bits per heavy atom. The minimum atomic E-state index is 0.318. The second-order valence-electron chi connectivity index (χ2n) is 4.38. The Hall–Kier alpha value is 0.190. The number of ether oxygens (including phenoxy) is 2. The summed E-state index contributed by atoms with van der Waals surface area (Å²) in [4.78, 5) is 0. The number of rotatable bonds is 12. The summed E-state index contributed by atoms with van der Waals surface area (Å²) in [6.45, 7) is 12.5. The van der Waals surface area contributed by atoms with Crippen molar-refractivity contribution in [1.29, 1.82) is 0 Å². The Kier molecular flexibility index (Phi) is 12.8. The predicted molar refractivity (Wildman–Crippen MR) is 75.5 cm³/mol. The summed E-state index contributed by atoms with van der Waals surface area (Å²) >= 11 is 1.69. The zero-order valence-electron chi connectivity index (χ0n) is 11.6. The molecule has 0 fully saturated rings. The van der Waals surface area contributed by atoms with Crippen molar-refractivity contribution in [3.8, 4) is 0 Å².